The molecule has 0 amide bonds. The van der Waals surface area contributed by atoms with Crippen molar-refractivity contribution in [1.82, 2.24) is 9.88 Å². The number of benzene rings is 1. The number of hydrogen-bond acceptors (Lipinski definition) is 5. The van der Waals surface area contributed by atoms with Crippen molar-refractivity contribution in [3.8, 4) is 5.75 Å². The minimum absolute atomic E-state index is 0.386. The lowest BCUT2D eigenvalue weighted by Gasteiger charge is -2.38. The first-order chi connectivity index (χ1) is 12.6. The van der Waals surface area contributed by atoms with E-state index in [0.29, 0.717) is 6.04 Å². The van der Waals surface area contributed by atoms with Gasteiger partial charge in [-0.3, -0.25) is 4.90 Å². The average Bonchev–Trinajstić information content (AvgIpc) is 3.15. The number of piperazine rings is 1. The van der Waals surface area contributed by atoms with Gasteiger partial charge in [0.25, 0.3) is 0 Å². The molecule has 2 aliphatic heterocycles. The molecule has 0 bridgehead atoms. The summed E-state index contributed by atoms with van der Waals surface area (Å²) in [6, 6.07) is 11.1. The van der Waals surface area contributed by atoms with Gasteiger partial charge in [0.05, 0.1) is 12.7 Å². The fourth-order valence-electron chi connectivity index (χ4n) is 3.82. The second-order valence-electron chi connectivity index (χ2n) is 7.29. The number of hydrogen-bond donors (Lipinski definition) is 1. The Bertz CT molecular complexity index is 752. The summed E-state index contributed by atoms with van der Waals surface area (Å²) in [5, 5.41) is 9.62. The Labute approximate surface area is 155 Å². The van der Waals surface area contributed by atoms with E-state index in [1.165, 1.54) is 11.1 Å². The van der Waals surface area contributed by atoms with Crippen LogP contribution in [0.3, 0.4) is 0 Å². The molecular formula is C21H27N3O2. The number of aromatic nitrogens is 1. The molecule has 5 nitrogen and oxygen atoms in total. The van der Waals surface area contributed by atoms with Gasteiger partial charge in [0.15, 0.2) is 0 Å². The first-order valence-electron chi connectivity index (χ1n) is 9.50. The quantitative estimate of drug-likeness (QED) is 0.916. The maximum Gasteiger partial charge on any atom is 0.128 e. The maximum absolute atomic E-state index is 9.62. The van der Waals surface area contributed by atoms with Gasteiger partial charge in [-0.1, -0.05) is 18.2 Å². The highest BCUT2D eigenvalue weighted by molar-refractivity contribution is 5.42. The van der Waals surface area contributed by atoms with Crippen molar-refractivity contribution >= 4 is 5.82 Å². The third kappa shape index (κ3) is 3.41. The van der Waals surface area contributed by atoms with Gasteiger partial charge >= 0.3 is 0 Å². The molecule has 0 spiro atoms. The highest BCUT2D eigenvalue weighted by atomic mass is 16.5. The Hall–Kier alpha value is -2.11. The van der Waals surface area contributed by atoms with Crippen molar-refractivity contribution in [3.05, 3.63) is 53.2 Å². The summed E-state index contributed by atoms with van der Waals surface area (Å²) in [6.45, 7) is 8.81. The van der Waals surface area contributed by atoms with Gasteiger partial charge in [-0.15, -0.1) is 0 Å². The van der Waals surface area contributed by atoms with E-state index in [2.05, 4.69) is 39.9 Å². The van der Waals surface area contributed by atoms with Crippen LogP contribution in [-0.2, 0) is 6.42 Å². The monoisotopic (exact) mass is 353 g/mol. The molecule has 0 aliphatic carbocycles. The Morgan fingerprint density at radius 1 is 1.04 bits per heavy atom. The first-order valence-corrected chi connectivity index (χ1v) is 9.50. The molecule has 2 unspecified atom stereocenters. The molecule has 4 rings (SSSR count). The lowest BCUT2D eigenvalue weighted by atomic mass is 10.0. The van der Waals surface area contributed by atoms with E-state index in [0.717, 1.165) is 56.3 Å². The molecular weight excluding hydrogens is 326 g/mol. The predicted molar refractivity (Wildman–Crippen MR) is 103 cm³/mol. The van der Waals surface area contributed by atoms with Crippen LogP contribution in [0.25, 0.3) is 0 Å². The minimum Gasteiger partial charge on any atom is -0.493 e. The summed E-state index contributed by atoms with van der Waals surface area (Å²) in [5.41, 5.74) is 3.52. The highest BCUT2D eigenvalue weighted by Crippen LogP contribution is 2.31. The van der Waals surface area contributed by atoms with Crippen LogP contribution >= 0.6 is 0 Å². The lowest BCUT2D eigenvalue weighted by molar-refractivity contribution is 0.197. The van der Waals surface area contributed by atoms with Crippen molar-refractivity contribution in [3.63, 3.8) is 0 Å². The number of pyridine rings is 1. The van der Waals surface area contributed by atoms with E-state index < -0.39 is 6.10 Å². The number of aliphatic hydroxyl groups excluding tert-OH is 1. The number of aliphatic hydroxyl groups is 1. The van der Waals surface area contributed by atoms with E-state index in [9.17, 15) is 5.11 Å². The zero-order valence-corrected chi connectivity index (χ0v) is 15.6. The van der Waals surface area contributed by atoms with E-state index in [4.69, 9.17) is 4.74 Å². The van der Waals surface area contributed by atoms with E-state index in [1.54, 1.807) is 13.1 Å². The van der Waals surface area contributed by atoms with E-state index >= 15 is 0 Å². The van der Waals surface area contributed by atoms with Crippen LogP contribution in [0.2, 0.25) is 0 Å². The second-order valence-corrected chi connectivity index (χ2v) is 7.29. The Morgan fingerprint density at radius 3 is 2.50 bits per heavy atom. The van der Waals surface area contributed by atoms with E-state index in [1.807, 2.05) is 12.1 Å². The maximum atomic E-state index is 9.62. The van der Waals surface area contributed by atoms with Crippen molar-refractivity contribution in [2.24, 2.45) is 0 Å². The Kier molecular flexibility index (Phi) is 4.83. The van der Waals surface area contributed by atoms with Gasteiger partial charge in [0.2, 0.25) is 0 Å². The third-order valence-corrected chi connectivity index (χ3v) is 5.64. The summed E-state index contributed by atoms with van der Waals surface area (Å²) in [4.78, 5) is 9.37. The summed E-state index contributed by atoms with van der Waals surface area (Å²) >= 11 is 0. The molecule has 2 aromatic rings. The molecule has 1 aromatic heterocycles. The molecule has 3 heterocycles. The van der Waals surface area contributed by atoms with Crippen molar-refractivity contribution in [1.29, 1.82) is 0 Å². The number of fused-ring (bicyclic) bond motifs is 1. The van der Waals surface area contributed by atoms with Crippen LogP contribution in [0, 0.1) is 0 Å². The summed E-state index contributed by atoms with van der Waals surface area (Å²) in [5.74, 6) is 2.06. The van der Waals surface area contributed by atoms with Crippen molar-refractivity contribution < 1.29 is 9.84 Å². The van der Waals surface area contributed by atoms with Crippen LogP contribution in [0.1, 0.15) is 42.7 Å². The standard InChI is InChI=1S/C21H27N3O2/c1-15(18-4-3-17-7-12-26-20(17)13-18)23-8-10-24(11-9-23)21-6-5-19(14-22-21)16(2)25/h3-6,13-16,25H,7-12H2,1-2H3. The zero-order chi connectivity index (χ0) is 18.1. The second kappa shape index (κ2) is 7.25. The molecule has 2 atom stereocenters. The molecule has 2 aliphatic rings. The smallest absolute Gasteiger partial charge is 0.128 e. The van der Waals surface area contributed by atoms with Gasteiger partial charge in [0, 0.05) is 44.8 Å². The first kappa shape index (κ1) is 17.3. The fourth-order valence-corrected chi connectivity index (χ4v) is 3.82. The number of nitrogens with zero attached hydrogens (tertiary/aromatic N) is 3. The van der Waals surface area contributed by atoms with Crippen molar-refractivity contribution in [2.75, 3.05) is 37.7 Å². The highest BCUT2D eigenvalue weighted by Gasteiger charge is 2.24. The van der Waals surface area contributed by atoms with Crippen LogP contribution in [0.15, 0.2) is 36.5 Å². The summed E-state index contributed by atoms with van der Waals surface area (Å²) in [6.07, 6.45) is 2.34. The molecule has 26 heavy (non-hydrogen) atoms. The van der Waals surface area contributed by atoms with Gasteiger partial charge in [-0.2, -0.15) is 0 Å². The minimum atomic E-state index is -0.467. The van der Waals surface area contributed by atoms with Crippen LogP contribution in [-0.4, -0.2) is 47.8 Å². The summed E-state index contributed by atoms with van der Waals surface area (Å²) in [7, 11) is 0. The van der Waals surface area contributed by atoms with Crippen LogP contribution in [0.5, 0.6) is 5.75 Å². The van der Waals surface area contributed by atoms with Gasteiger partial charge < -0.3 is 14.7 Å². The normalized spacial score (nSPS) is 19.7. The third-order valence-electron chi connectivity index (χ3n) is 5.64. The number of rotatable bonds is 4. The molecule has 138 valence electrons. The molecule has 0 saturated carbocycles. The molecule has 1 saturated heterocycles. The van der Waals surface area contributed by atoms with Crippen LogP contribution in [0.4, 0.5) is 5.82 Å². The Morgan fingerprint density at radius 2 is 1.81 bits per heavy atom. The van der Waals surface area contributed by atoms with Gasteiger partial charge in [-0.25, -0.2) is 4.98 Å². The molecule has 1 N–H and O–H groups in total. The molecule has 1 fully saturated rings. The number of ether oxygens (including phenoxy) is 1. The van der Waals surface area contributed by atoms with Gasteiger partial charge in [0.1, 0.15) is 11.6 Å². The fraction of sp³-hybridized carbons (Fsp3) is 0.476. The van der Waals surface area contributed by atoms with Gasteiger partial charge in [-0.05, 0) is 42.7 Å². The Balaban J connectivity index is 1.38. The predicted octanol–water partition coefficient (Wildman–Crippen LogP) is 2.95. The SMILES string of the molecule is CC(O)c1ccc(N2CCN(C(C)c3ccc4c(c3)OCC4)CC2)nc1. The summed E-state index contributed by atoms with van der Waals surface area (Å²) < 4.78 is 5.73. The molecule has 1 aromatic carbocycles. The lowest BCUT2D eigenvalue weighted by Crippen LogP contribution is -2.47. The topological polar surface area (TPSA) is 48.8 Å². The van der Waals surface area contributed by atoms with Crippen LogP contribution < -0.4 is 9.64 Å². The number of anilines is 1. The molecule has 0 radical (unpaired) electrons. The largest absolute Gasteiger partial charge is 0.493 e. The van der Waals surface area contributed by atoms with Crippen molar-refractivity contribution in [2.45, 2.75) is 32.4 Å². The molecule has 5 heteroatoms. The average molecular weight is 353 g/mol. The van der Waals surface area contributed by atoms with E-state index in [-0.39, 0.29) is 0 Å². The zero-order valence-electron chi connectivity index (χ0n) is 15.6.